The number of aliphatic carboxylic acids is 1. The van der Waals surface area contributed by atoms with Crippen LogP contribution in [0.4, 0.5) is 0 Å². The van der Waals surface area contributed by atoms with Gasteiger partial charge in [-0.05, 0) is 147 Å². The highest BCUT2D eigenvalue weighted by molar-refractivity contribution is 6.02. The van der Waals surface area contributed by atoms with Gasteiger partial charge in [-0.1, -0.05) is 48.5 Å². The lowest BCUT2D eigenvalue weighted by Gasteiger charge is -2.72. The molecule has 5 aliphatic rings. The number of Topliss-reactive ketones (excluding diaryl/α,β-unsaturated/α-hetero) is 1. The van der Waals surface area contributed by atoms with Gasteiger partial charge >= 0.3 is 11.9 Å². The Morgan fingerprint density at radius 1 is 0.911 bits per heavy atom. The van der Waals surface area contributed by atoms with Gasteiger partial charge in [0.1, 0.15) is 11.9 Å². The Kier molecular flexibility index (Phi) is 9.57. The van der Waals surface area contributed by atoms with Crippen LogP contribution in [0, 0.1) is 57.7 Å². The van der Waals surface area contributed by atoms with Crippen LogP contribution < -0.4 is 10.3 Å². The summed E-state index contributed by atoms with van der Waals surface area (Å²) in [4.78, 5) is 53.6. The second kappa shape index (κ2) is 13.2. The van der Waals surface area contributed by atoms with Crippen LogP contribution in [-0.4, -0.2) is 45.4 Å². The van der Waals surface area contributed by atoms with Crippen LogP contribution in [-0.2, 0) is 31.6 Å². The van der Waals surface area contributed by atoms with Gasteiger partial charge in [0.15, 0.2) is 5.78 Å². The lowest BCUT2D eigenvalue weighted by Crippen LogP contribution is -2.66. The maximum atomic E-state index is 14.5. The minimum atomic E-state index is -1.18. The second-order valence-electron chi connectivity index (χ2n) is 20.8. The van der Waals surface area contributed by atoms with E-state index in [1.807, 2.05) is 42.9 Å². The number of nitrogens with zero attached hydrogens (tertiary/aromatic N) is 2. The van der Waals surface area contributed by atoms with Crippen molar-refractivity contribution in [1.82, 2.24) is 9.36 Å². The number of aromatic nitrogens is 2. The van der Waals surface area contributed by atoms with Crippen LogP contribution in [0.5, 0.6) is 5.75 Å². The van der Waals surface area contributed by atoms with Crippen molar-refractivity contribution in [3.05, 3.63) is 57.0 Å². The van der Waals surface area contributed by atoms with Crippen LogP contribution in [0.3, 0.4) is 0 Å². The number of carbonyl (C=O) groups is 3. The maximum absolute atomic E-state index is 14.5. The molecule has 56 heavy (non-hydrogen) atoms. The number of benzene rings is 1. The highest BCUT2D eigenvalue weighted by atomic mass is 16.5. The van der Waals surface area contributed by atoms with Crippen molar-refractivity contribution in [1.29, 1.82) is 0 Å². The van der Waals surface area contributed by atoms with E-state index in [2.05, 4.69) is 48.5 Å². The molecule has 9 nitrogen and oxygen atoms in total. The summed E-state index contributed by atoms with van der Waals surface area (Å²) in [6.45, 7) is 21.6. The summed E-state index contributed by atoms with van der Waals surface area (Å²) < 4.78 is 15.4. The molecule has 1 N–H and O–H groups in total. The molecule has 9 heteroatoms. The zero-order chi connectivity index (χ0) is 41.1. The van der Waals surface area contributed by atoms with Crippen molar-refractivity contribution >= 4 is 17.7 Å². The summed E-state index contributed by atoms with van der Waals surface area (Å²) in [5, 5.41) is 9.65. The van der Waals surface area contributed by atoms with Crippen molar-refractivity contribution in [2.45, 2.75) is 145 Å². The number of carboxylic acid groups (broad SMARTS) is 1. The number of hydrogen-bond acceptors (Lipinski definition) is 6. The number of esters is 1. The molecule has 306 valence electrons. The van der Waals surface area contributed by atoms with E-state index in [0.717, 1.165) is 79.6 Å². The van der Waals surface area contributed by atoms with Crippen LogP contribution in [0.15, 0.2) is 40.2 Å². The minimum absolute atomic E-state index is 0.0229. The number of rotatable bonds is 8. The first-order chi connectivity index (χ1) is 26.0. The molecule has 0 aliphatic heterocycles. The molecule has 0 saturated heterocycles. The average molecular weight is 771 g/mol. The van der Waals surface area contributed by atoms with Gasteiger partial charge in [-0.2, -0.15) is 0 Å². The van der Waals surface area contributed by atoms with Crippen molar-refractivity contribution in [3.8, 4) is 11.4 Å². The molecule has 2 aromatic rings. The van der Waals surface area contributed by atoms with Gasteiger partial charge < -0.3 is 14.6 Å². The Morgan fingerprint density at radius 3 is 2.18 bits per heavy atom. The number of ether oxygens (including phenoxy) is 2. The fraction of sp³-hybridized carbons (Fsp3) is 0.702. The molecular formula is C47H66N2O7. The number of hydrogen-bond donors (Lipinski definition) is 1. The normalized spacial score (nSPS) is 35.1. The minimum Gasteiger partial charge on any atom is -0.497 e. The highest BCUT2D eigenvalue weighted by Crippen LogP contribution is 2.77. The summed E-state index contributed by atoms with van der Waals surface area (Å²) in [6, 6.07) is 7.61. The summed E-state index contributed by atoms with van der Waals surface area (Å²) >= 11 is 0. The first-order valence-electron chi connectivity index (χ1n) is 21.2. The number of fused-ring (bicyclic) bond motifs is 7. The van der Waals surface area contributed by atoms with E-state index < -0.39 is 22.8 Å². The van der Waals surface area contributed by atoms with Crippen LogP contribution in [0.1, 0.15) is 138 Å². The molecule has 1 aromatic heterocycles. The zero-order valence-electron chi connectivity index (χ0n) is 36.1. The third kappa shape index (κ3) is 5.51. The summed E-state index contributed by atoms with van der Waals surface area (Å²) in [6.07, 6.45) is 7.74. The van der Waals surface area contributed by atoms with E-state index >= 15 is 0 Å². The van der Waals surface area contributed by atoms with Crippen LogP contribution in [0.25, 0.3) is 5.69 Å². The number of methoxy groups -OCH3 is 1. The molecule has 0 unspecified atom stereocenters. The van der Waals surface area contributed by atoms with Gasteiger partial charge in [0, 0.05) is 29.9 Å². The predicted octanol–water partition coefficient (Wildman–Crippen LogP) is 9.14. The largest absolute Gasteiger partial charge is 0.497 e. The van der Waals surface area contributed by atoms with E-state index in [4.69, 9.17) is 9.47 Å². The molecule has 0 amide bonds. The highest BCUT2D eigenvalue weighted by Gasteiger charge is 2.70. The van der Waals surface area contributed by atoms with Crippen molar-refractivity contribution in [2.24, 2.45) is 57.8 Å². The Hall–Kier alpha value is -3.62. The van der Waals surface area contributed by atoms with Gasteiger partial charge in [0.05, 0.1) is 30.3 Å². The van der Waals surface area contributed by atoms with Gasteiger partial charge in [-0.25, -0.2) is 4.68 Å². The maximum Gasteiger partial charge on any atom is 0.309 e. The summed E-state index contributed by atoms with van der Waals surface area (Å²) in [5.74, 6) is 0.679. The molecule has 0 radical (unpaired) electrons. The quantitative estimate of drug-likeness (QED) is 0.266. The van der Waals surface area contributed by atoms with E-state index in [1.54, 1.807) is 25.6 Å². The number of carbonyl (C=O) groups excluding carboxylic acids is 2. The predicted molar refractivity (Wildman–Crippen MR) is 217 cm³/mol. The molecule has 4 fully saturated rings. The van der Waals surface area contributed by atoms with Gasteiger partial charge in [-0.15, -0.1) is 0 Å². The van der Waals surface area contributed by atoms with E-state index in [1.165, 1.54) is 5.57 Å². The standard InChI is InChI=1S/C47H66N2O7/c1-27(2)37-32(50)25-47(39-28(3)40(52)49(48(39)11)29-13-15-30(55-12)16-14-29)24-23-45(9)31(38(37)47)17-18-34-44(8)21-20-35(56-36(51)26-42(4,5)41(53)54)43(6,7)33(44)19-22-46(34,45)10/h13-16,27,31,33-35H,17-26H2,1-12H3,(H,53,54)/t31-,33+,34-,35+,44+,45-,46-,47-/m1/s1. The lowest BCUT2D eigenvalue weighted by atomic mass is 9.33. The van der Waals surface area contributed by atoms with Gasteiger partial charge in [0.25, 0.3) is 5.56 Å². The van der Waals surface area contributed by atoms with Crippen molar-refractivity contribution in [2.75, 3.05) is 7.11 Å². The SMILES string of the molecule is COc1ccc(-n2c(=O)c(C)c([C@@]34CC[C@]5(C)[C@H](CC[C@@H]6[C@@]7(C)CC[C@H](OC(=O)CC(C)(C)C(=O)O)C(C)(C)[C@@H]7CC[C@]65C)C3=C(C(C)C)C(=O)C4)n2C)cc1. The molecule has 8 atom stereocenters. The zero-order valence-corrected chi connectivity index (χ0v) is 36.1. The monoisotopic (exact) mass is 770 g/mol. The fourth-order valence-electron chi connectivity index (χ4n) is 14.2. The summed E-state index contributed by atoms with van der Waals surface area (Å²) in [7, 11) is 3.63. The number of carboxylic acids is 1. The molecule has 1 aromatic carbocycles. The smallest absolute Gasteiger partial charge is 0.309 e. The summed E-state index contributed by atoms with van der Waals surface area (Å²) in [5.41, 5.74) is 2.82. The van der Waals surface area contributed by atoms with E-state index in [-0.39, 0.29) is 57.4 Å². The number of ketones is 1. The first kappa shape index (κ1) is 40.6. The molecule has 0 spiro atoms. The number of allylic oxidation sites excluding steroid dienone is 2. The lowest BCUT2D eigenvalue weighted by molar-refractivity contribution is -0.232. The van der Waals surface area contributed by atoms with Gasteiger partial charge in [0.2, 0.25) is 0 Å². The Bertz CT molecular complexity index is 2050. The molecule has 1 heterocycles. The third-order valence-corrected chi connectivity index (χ3v) is 17.1. The first-order valence-corrected chi connectivity index (χ1v) is 21.2. The van der Waals surface area contributed by atoms with Crippen LogP contribution in [0.2, 0.25) is 0 Å². The Labute approximate surface area is 333 Å². The Morgan fingerprint density at radius 2 is 1.57 bits per heavy atom. The molecular weight excluding hydrogens is 705 g/mol. The van der Waals surface area contributed by atoms with E-state index in [0.29, 0.717) is 18.3 Å². The van der Waals surface area contributed by atoms with Crippen LogP contribution >= 0.6 is 0 Å². The average Bonchev–Trinajstić information content (AvgIpc) is 3.54. The Balaban J connectivity index is 1.25. The topological polar surface area (TPSA) is 117 Å². The molecule has 4 saturated carbocycles. The molecule has 5 aliphatic carbocycles. The van der Waals surface area contributed by atoms with Crippen molar-refractivity contribution in [3.63, 3.8) is 0 Å². The molecule has 0 bridgehead atoms. The second-order valence-corrected chi connectivity index (χ2v) is 20.8. The van der Waals surface area contributed by atoms with E-state index in [9.17, 15) is 24.3 Å². The van der Waals surface area contributed by atoms with Crippen molar-refractivity contribution < 1.29 is 29.0 Å². The third-order valence-electron chi connectivity index (χ3n) is 17.1. The van der Waals surface area contributed by atoms with Gasteiger partial charge in [-0.3, -0.25) is 23.9 Å². The fourth-order valence-corrected chi connectivity index (χ4v) is 14.2. The molecule has 7 rings (SSSR count).